The Labute approximate surface area is 104 Å². The second-order valence-corrected chi connectivity index (χ2v) is 5.74. The van der Waals surface area contributed by atoms with Gasteiger partial charge in [0.2, 0.25) is 0 Å². The third-order valence-electron chi connectivity index (χ3n) is 2.67. The zero-order valence-corrected chi connectivity index (χ0v) is 11.4. The summed E-state index contributed by atoms with van der Waals surface area (Å²) in [7, 11) is 0. The summed E-state index contributed by atoms with van der Waals surface area (Å²) in [4.78, 5) is 0. The molecule has 16 heavy (non-hydrogen) atoms. The second kappa shape index (κ2) is 5.70. The van der Waals surface area contributed by atoms with Gasteiger partial charge in [0.15, 0.2) is 0 Å². The zero-order valence-electron chi connectivity index (χ0n) is 10.7. The maximum Gasteiger partial charge on any atom is 0.0406 e. The Morgan fingerprint density at radius 2 is 1.75 bits per heavy atom. The standard InChI is InChI=1S/C14H22ClN/c1-5-10-16-13(14(2,3)4)11-6-8-12(15)9-7-11/h6-9,13,16H,5,10H2,1-4H3. The van der Waals surface area contributed by atoms with Gasteiger partial charge in [0.1, 0.15) is 0 Å². The van der Waals surface area contributed by atoms with E-state index < -0.39 is 0 Å². The Morgan fingerprint density at radius 3 is 2.19 bits per heavy atom. The topological polar surface area (TPSA) is 12.0 Å². The van der Waals surface area contributed by atoms with Gasteiger partial charge in [-0.05, 0) is 36.1 Å². The molecule has 0 heterocycles. The van der Waals surface area contributed by atoms with E-state index in [0.717, 1.165) is 18.0 Å². The van der Waals surface area contributed by atoms with Crippen molar-refractivity contribution in [3.8, 4) is 0 Å². The molecular weight excluding hydrogens is 218 g/mol. The van der Waals surface area contributed by atoms with Crippen LogP contribution in [0.3, 0.4) is 0 Å². The van der Waals surface area contributed by atoms with E-state index in [1.54, 1.807) is 0 Å². The summed E-state index contributed by atoms with van der Waals surface area (Å²) in [5.41, 5.74) is 1.52. The molecule has 0 radical (unpaired) electrons. The number of halogens is 1. The van der Waals surface area contributed by atoms with E-state index in [1.165, 1.54) is 5.56 Å². The van der Waals surface area contributed by atoms with Gasteiger partial charge in [0, 0.05) is 11.1 Å². The predicted molar refractivity (Wildman–Crippen MR) is 71.9 cm³/mol. The zero-order chi connectivity index (χ0) is 12.2. The summed E-state index contributed by atoms with van der Waals surface area (Å²) >= 11 is 5.91. The van der Waals surface area contributed by atoms with Crippen LogP contribution in [0.4, 0.5) is 0 Å². The Kier molecular flexibility index (Phi) is 4.82. The fourth-order valence-electron chi connectivity index (χ4n) is 1.87. The fourth-order valence-corrected chi connectivity index (χ4v) is 1.99. The lowest BCUT2D eigenvalue weighted by atomic mass is 9.82. The van der Waals surface area contributed by atoms with Crippen molar-refractivity contribution in [2.24, 2.45) is 5.41 Å². The maximum atomic E-state index is 5.91. The Bertz CT molecular complexity index is 311. The second-order valence-electron chi connectivity index (χ2n) is 5.30. The molecule has 0 aliphatic rings. The minimum absolute atomic E-state index is 0.211. The highest BCUT2D eigenvalue weighted by Gasteiger charge is 2.25. The molecule has 0 aliphatic carbocycles. The molecule has 1 aromatic carbocycles. The summed E-state index contributed by atoms with van der Waals surface area (Å²) < 4.78 is 0. The Balaban J connectivity index is 2.88. The van der Waals surface area contributed by atoms with Gasteiger partial charge in [-0.15, -0.1) is 0 Å². The molecule has 0 aromatic heterocycles. The molecule has 1 unspecified atom stereocenters. The first-order chi connectivity index (χ1) is 7.45. The van der Waals surface area contributed by atoms with E-state index in [2.05, 4.69) is 45.1 Å². The molecule has 1 rings (SSSR count). The smallest absolute Gasteiger partial charge is 0.0406 e. The van der Waals surface area contributed by atoms with E-state index in [-0.39, 0.29) is 5.41 Å². The monoisotopic (exact) mass is 239 g/mol. The van der Waals surface area contributed by atoms with Crippen LogP contribution >= 0.6 is 11.6 Å². The number of hydrogen-bond donors (Lipinski definition) is 1. The lowest BCUT2D eigenvalue weighted by Gasteiger charge is -2.32. The van der Waals surface area contributed by atoms with Gasteiger partial charge in [-0.3, -0.25) is 0 Å². The molecule has 0 saturated carbocycles. The van der Waals surface area contributed by atoms with Gasteiger partial charge in [-0.25, -0.2) is 0 Å². The highest BCUT2D eigenvalue weighted by Crippen LogP contribution is 2.33. The van der Waals surface area contributed by atoms with E-state index in [0.29, 0.717) is 6.04 Å². The van der Waals surface area contributed by atoms with Crippen LogP contribution in [0, 0.1) is 5.41 Å². The molecule has 2 heteroatoms. The molecule has 90 valence electrons. The third-order valence-corrected chi connectivity index (χ3v) is 2.92. The van der Waals surface area contributed by atoms with E-state index >= 15 is 0 Å². The van der Waals surface area contributed by atoms with E-state index in [9.17, 15) is 0 Å². The van der Waals surface area contributed by atoms with Gasteiger partial charge >= 0.3 is 0 Å². The number of rotatable bonds is 4. The summed E-state index contributed by atoms with van der Waals surface area (Å²) in [5.74, 6) is 0. The molecular formula is C14H22ClN. The summed E-state index contributed by atoms with van der Waals surface area (Å²) in [6.07, 6.45) is 1.15. The average Bonchev–Trinajstić information content (AvgIpc) is 2.19. The quantitative estimate of drug-likeness (QED) is 0.820. The molecule has 0 aliphatic heterocycles. The number of nitrogens with one attached hydrogen (secondary N) is 1. The molecule has 0 spiro atoms. The molecule has 1 N–H and O–H groups in total. The van der Waals surface area contributed by atoms with Crippen molar-refractivity contribution < 1.29 is 0 Å². The minimum Gasteiger partial charge on any atom is -0.309 e. The van der Waals surface area contributed by atoms with Crippen molar-refractivity contribution in [2.45, 2.75) is 40.2 Å². The molecule has 1 aromatic rings. The average molecular weight is 240 g/mol. The third kappa shape index (κ3) is 3.80. The van der Waals surface area contributed by atoms with Crippen LogP contribution in [-0.4, -0.2) is 6.54 Å². The van der Waals surface area contributed by atoms with E-state index in [4.69, 9.17) is 11.6 Å². The highest BCUT2D eigenvalue weighted by molar-refractivity contribution is 6.30. The van der Waals surface area contributed by atoms with Gasteiger partial charge in [0.25, 0.3) is 0 Å². The predicted octanol–water partition coefficient (Wildman–Crippen LogP) is 4.43. The van der Waals surface area contributed by atoms with Crippen molar-refractivity contribution in [1.29, 1.82) is 0 Å². The SMILES string of the molecule is CCCNC(c1ccc(Cl)cc1)C(C)(C)C. The summed E-state index contributed by atoms with van der Waals surface area (Å²) in [6, 6.07) is 8.53. The molecule has 0 fully saturated rings. The van der Waals surface area contributed by atoms with Crippen molar-refractivity contribution in [1.82, 2.24) is 5.32 Å². The highest BCUT2D eigenvalue weighted by atomic mass is 35.5. The Hall–Kier alpha value is -0.530. The van der Waals surface area contributed by atoms with Crippen LogP contribution in [0.1, 0.15) is 45.7 Å². The lowest BCUT2D eigenvalue weighted by molar-refractivity contribution is 0.273. The van der Waals surface area contributed by atoms with Crippen LogP contribution in [-0.2, 0) is 0 Å². The van der Waals surface area contributed by atoms with Crippen molar-refractivity contribution in [2.75, 3.05) is 6.54 Å². The molecule has 1 nitrogen and oxygen atoms in total. The van der Waals surface area contributed by atoms with Crippen molar-refractivity contribution in [3.05, 3.63) is 34.9 Å². The van der Waals surface area contributed by atoms with Crippen LogP contribution < -0.4 is 5.32 Å². The normalized spacial score (nSPS) is 13.8. The van der Waals surface area contributed by atoms with Gasteiger partial charge < -0.3 is 5.32 Å². The maximum absolute atomic E-state index is 5.91. The Morgan fingerprint density at radius 1 is 1.19 bits per heavy atom. The van der Waals surface area contributed by atoms with Crippen LogP contribution in [0.2, 0.25) is 5.02 Å². The first-order valence-corrected chi connectivity index (χ1v) is 6.31. The number of benzene rings is 1. The van der Waals surface area contributed by atoms with Gasteiger partial charge in [-0.2, -0.15) is 0 Å². The van der Waals surface area contributed by atoms with Crippen LogP contribution in [0.15, 0.2) is 24.3 Å². The van der Waals surface area contributed by atoms with Crippen molar-refractivity contribution in [3.63, 3.8) is 0 Å². The molecule has 1 atom stereocenters. The van der Waals surface area contributed by atoms with Crippen LogP contribution in [0.5, 0.6) is 0 Å². The fraction of sp³-hybridized carbons (Fsp3) is 0.571. The minimum atomic E-state index is 0.211. The summed E-state index contributed by atoms with van der Waals surface area (Å²) in [6.45, 7) is 10.0. The largest absolute Gasteiger partial charge is 0.309 e. The molecule has 0 bridgehead atoms. The van der Waals surface area contributed by atoms with Crippen LogP contribution in [0.25, 0.3) is 0 Å². The first kappa shape index (κ1) is 13.5. The van der Waals surface area contributed by atoms with Gasteiger partial charge in [0.05, 0.1) is 0 Å². The first-order valence-electron chi connectivity index (χ1n) is 5.94. The summed E-state index contributed by atoms with van der Waals surface area (Å²) in [5, 5.41) is 4.40. The number of hydrogen-bond acceptors (Lipinski definition) is 1. The van der Waals surface area contributed by atoms with Crippen molar-refractivity contribution >= 4 is 11.6 Å². The van der Waals surface area contributed by atoms with Gasteiger partial charge in [-0.1, -0.05) is 51.4 Å². The molecule has 0 amide bonds. The lowest BCUT2D eigenvalue weighted by Crippen LogP contribution is -2.32. The molecule has 0 saturated heterocycles. The van der Waals surface area contributed by atoms with E-state index in [1.807, 2.05) is 12.1 Å².